The van der Waals surface area contributed by atoms with Crippen molar-refractivity contribution in [2.24, 2.45) is 0 Å². The zero-order valence-corrected chi connectivity index (χ0v) is 8.13. The van der Waals surface area contributed by atoms with Gasteiger partial charge in [0.15, 0.2) is 6.29 Å². The Labute approximate surface area is 125 Å². The Morgan fingerprint density at radius 2 is 1.31 bits per heavy atom. The fraction of sp³-hybridized carbons (Fsp3) is 1.00. The predicted molar refractivity (Wildman–Crippen MR) is 58.0 cm³/mol. The molecule has 0 fully saturated rings. The van der Waals surface area contributed by atoms with Crippen molar-refractivity contribution in [3.63, 3.8) is 0 Å². The summed E-state index contributed by atoms with van der Waals surface area (Å²) in [6.07, 6.45) is 8.03. The van der Waals surface area contributed by atoms with Gasteiger partial charge in [0.25, 0.3) is 0 Å². The molecule has 13 heavy (non-hydrogen) atoms. The van der Waals surface area contributed by atoms with E-state index in [2.05, 4.69) is 6.92 Å². The molecule has 0 aliphatic rings. The van der Waals surface area contributed by atoms with Crippen molar-refractivity contribution in [3.8, 4) is 0 Å². The predicted octanol–water partition coefficient (Wildman–Crippen LogP) is 1.79. The molecule has 0 aromatic carbocycles. The first-order chi connectivity index (χ1) is 5.77. The summed E-state index contributed by atoms with van der Waals surface area (Å²) in [5.41, 5.74) is 0. The van der Waals surface area contributed by atoms with Gasteiger partial charge in [-0.1, -0.05) is 45.4 Å². The van der Waals surface area contributed by atoms with Crippen molar-refractivity contribution >= 4 is 51.4 Å². The van der Waals surface area contributed by atoms with Crippen LogP contribution in [0.2, 0.25) is 0 Å². The standard InChI is InChI=1S/C10H22O2.K.H/c1-2-3-4-5-6-7-8-9-10(11)12;;/h10-12H,2-9H2,1H3;;. The molecule has 0 heterocycles. The van der Waals surface area contributed by atoms with E-state index >= 15 is 0 Å². The summed E-state index contributed by atoms with van der Waals surface area (Å²) >= 11 is 0. The molecule has 0 spiro atoms. The summed E-state index contributed by atoms with van der Waals surface area (Å²) in [6.45, 7) is 2.21. The van der Waals surface area contributed by atoms with Gasteiger partial charge in [0.1, 0.15) is 0 Å². The Balaban J connectivity index is 0. The van der Waals surface area contributed by atoms with Gasteiger partial charge in [-0.25, -0.2) is 0 Å². The van der Waals surface area contributed by atoms with Gasteiger partial charge in [-0.15, -0.1) is 0 Å². The van der Waals surface area contributed by atoms with Crippen LogP contribution in [0.1, 0.15) is 58.3 Å². The molecule has 0 bridgehead atoms. The van der Waals surface area contributed by atoms with Crippen LogP contribution in [0.5, 0.6) is 0 Å². The molecule has 0 radical (unpaired) electrons. The second-order valence-electron chi connectivity index (χ2n) is 3.39. The number of unbranched alkanes of at least 4 members (excludes halogenated alkanes) is 6. The zero-order chi connectivity index (χ0) is 9.23. The number of hydrogen-bond acceptors (Lipinski definition) is 2. The molecule has 0 aliphatic carbocycles. The Bertz CT molecular complexity index is 87.0. The van der Waals surface area contributed by atoms with E-state index < -0.39 is 6.29 Å². The third kappa shape index (κ3) is 16.2. The molecule has 0 unspecified atom stereocenters. The average Bonchev–Trinajstić information content (AvgIpc) is 2.02. The number of hydrogen-bond donors (Lipinski definition) is 2. The van der Waals surface area contributed by atoms with E-state index in [0.717, 1.165) is 12.8 Å². The van der Waals surface area contributed by atoms with E-state index in [0.29, 0.717) is 6.42 Å². The summed E-state index contributed by atoms with van der Waals surface area (Å²) in [5.74, 6) is 0. The van der Waals surface area contributed by atoms with Gasteiger partial charge in [-0.2, -0.15) is 0 Å². The Kier molecular flexibility index (Phi) is 17.7. The Morgan fingerprint density at radius 1 is 0.846 bits per heavy atom. The van der Waals surface area contributed by atoms with E-state index in [1.807, 2.05) is 0 Å². The molecule has 0 aliphatic heterocycles. The van der Waals surface area contributed by atoms with E-state index in [1.54, 1.807) is 0 Å². The Morgan fingerprint density at radius 3 is 1.77 bits per heavy atom. The first-order valence-electron chi connectivity index (χ1n) is 5.13. The van der Waals surface area contributed by atoms with Gasteiger partial charge in [-0.3, -0.25) is 0 Å². The van der Waals surface area contributed by atoms with Gasteiger partial charge in [-0.05, 0) is 12.8 Å². The van der Waals surface area contributed by atoms with Gasteiger partial charge in [0.05, 0.1) is 0 Å². The van der Waals surface area contributed by atoms with Crippen molar-refractivity contribution in [1.82, 2.24) is 0 Å². The minimum absolute atomic E-state index is 0. The summed E-state index contributed by atoms with van der Waals surface area (Å²) in [6, 6.07) is 0. The normalized spacial score (nSPS) is 10.2. The van der Waals surface area contributed by atoms with E-state index in [4.69, 9.17) is 10.2 Å². The molecule has 0 saturated heterocycles. The summed E-state index contributed by atoms with van der Waals surface area (Å²) in [4.78, 5) is 0. The van der Waals surface area contributed by atoms with Crippen LogP contribution in [-0.2, 0) is 0 Å². The van der Waals surface area contributed by atoms with Crippen LogP contribution in [0.3, 0.4) is 0 Å². The second kappa shape index (κ2) is 13.6. The molecule has 76 valence electrons. The Hall–Kier alpha value is 1.56. The van der Waals surface area contributed by atoms with Crippen LogP contribution in [0.25, 0.3) is 0 Å². The van der Waals surface area contributed by atoms with Crippen molar-refractivity contribution in [1.29, 1.82) is 0 Å². The average molecular weight is 214 g/mol. The summed E-state index contributed by atoms with van der Waals surface area (Å²) in [5, 5.41) is 17.1. The van der Waals surface area contributed by atoms with Gasteiger partial charge < -0.3 is 10.2 Å². The first-order valence-corrected chi connectivity index (χ1v) is 5.13. The molecular weight excluding hydrogens is 191 g/mol. The van der Waals surface area contributed by atoms with Crippen LogP contribution >= 0.6 is 0 Å². The maximum absolute atomic E-state index is 8.55. The van der Waals surface area contributed by atoms with Crippen LogP contribution in [0.4, 0.5) is 0 Å². The molecule has 3 heteroatoms. The van der Waals surface area contributed by atoms with E-state index in [-0.39, 0.29) is 51.4 Å². The second-order valence-corrected chi connectivity index (χ2v) is 3.39. The quantitative estimate of drug-likeness (QED) is 0.367. The number of rotatable bonds is 8. The third-order valence-electron chi connectivity index (χ3n) is 2.07. The SMILES string of the molecule is CCCCCCCCCC(O)O.[KH]. The maximum atomic E-state index is 8.55. The minimum atomic E-state index is -1.10. The van der Waals surface area contributed by atoms with Crippen molar-refractivity contribution in [3.05, 3.63) is 0 Å². The van der Waals surface area contributed by atoms with Crippen LogP contribution in [0.15, 0.2) is 0 Å². The molecule has 2 nitrogen and oxygen atoms in total. The fourth-order valence-corrected chi connectivity index (χ4v) is 1.28. The zero-order valence-electron chi connectivity index (χ0n) is 8.13. The van der Waals surface area contributed by atoms with Gasteiger partial charge in [0, 0.05) is 0 Å². The van der Waals surface area contributed by atoms with E-state index in [1.165, 1.54) is 32.1 Å². The van der Waals surface area contributed by atoms with Crippen molar-refractivity contribution in [2.75, 3.05) is 0 Å². The first kappa shape index (κ1) is 17.0. The molecular formula is C10H23KO2. The third-order valence-corrected chi connectivity index (χ3v) is 2.07. The molecule has 0 aromatic rings. The molecule has 0 amide bonds. The van der Waals surface area contributed by atoms with Gasteiger partial charge >= 0.3 is 51.4 Å². The summed E-state index contributed by atoms with van der Waals surface area (Å²) in [7, 11) is 0. The number of aliphatic hydroxyl groups excluding tert-OH is 1. The summed E-state index contributed by atoms with van der Waals surface area (Å²) < 4.78 is 0. The van der Waals surface area contributed by atoms with Crippen molar-refractivity contribution in [2.45, 2.75) is 64.6 Å². The molecule has 0 rings (SSSR count). The monoisotopic (exact) mass is 214 g/mol. The molecule has 0 saturated carbocycles. The van der Waals surface area contributed by atoms with Crippen molar-refractivity contribution < 1.29 is 10.2 Å². The fourth-order valence-electron chi connectivity index (χ4n) is 1.28. The van der Waals surface area contributed by atoms with Crippen LogP contribution in [-0.4, -0.2) is 67.9 Å². The number of aliphatic hydroxyl groups is 2. The van der Waals surface area contributed by atoms with Crippen LogP contribution < -0.4 is 0 Å². The molecule has 0 atom stereocenters. The molecule has 2 N–H and O–H groups in total. The van der Waals surface area contributed by atoms with Gasteiger partial charge in [0.2, 0.25) is 0 Å². The molecule has 0 aromatic heterocycles. The van der Waals surface area contributed by atoms with Crippen LogP contribution in [0, 0.1) is 0 Å². The van der Waals surface area contributed by atoms with E-state index in [9.17, 15) is 0 Å². The topological polar surface area (TPSA) is 40.5 Å².